The second-order valence-electron chi connectivity index (χ2n) is 5.93. The van der Waals surface area contributed by atoms with Crippen LogP contribution in [-0.4, -0.2) is 28.8 Å². The number of carbonyl (C=O) groups is 2. The zero-order chi connectivity index (χ0) is 22.9. The predicted molar refractivity (Wildman–Crippen MR) is 117 cm³/mol. The van der Waals surface area contributed by atoms with Gasteiger partial charge in [0.05, 0.1) is 34.1 Å². The zero-order valence-corrected chi connectivity index (χ0v) is 19.5. The largest absolute Gasteiger partial charge is 0.482 e. The minimum Gasteiger partial charge on any atom is -0.482 e. The van der Waals surface area contributed by atoms with Crippen LogP contribution in [-0.2, 0) is 18.4 Å². The number of nitrogens with one attached hydrogen (secondary N) is 1. The lowest BCUT2D eigenvalue weighted by Gasteiger charge is -2.12. The molecule has 3 rings (SSSR count). The van der Waals surface area contributed by atoms with E-state index in [2.05, 4.69) is 15.2 Å². The van der Waals surface area contributed by atoms with Gasteiger partial charge in [-0.2, -0.15) is 5.10 Å². The van der Waals surface area contributed by atoms with E-state index in [0.29, 0.717) is 0 Å². The summed E-state index contributed by atoms with van der Waals surface area (Å²) < 4.78 is 17.0. The number of amides is 1. The normalized spacial score (nSPS) is 10.8. The number of carbonyl (C=O) groups excluding carboxylic acids is 2. The minimum atomic E-state index is -0.655. The van der Waals surface area contributed by atoms with E-state index in [4.69, 9.17) is 67.2 Å². The Morgan fingerprint density at radius 1 is 1.06 bits per heavy atom. The number of anilines is 1. The van der Waals surface area contributed by atoms with Gasteiger partial charge in [0.15, 0.2) is 17.2 Å². The van der Waals surface area contributed by atoms with E-state index in [1.165, 1.54) is 37.2 Å². The third kappa shape index (κ3) is 4.73. The molecule has 1 aromatic carbocycles. The van der Waals surface area contributed by atoms with Crippen molar-refractivity contribution in [3.63, 3.8) is 0 Å². The smallest absolute Gasteiger partial charge is 0.358 e. The molecule has 13 heteroatoms. The van der Waals surface area contributed by atoms with Crippen LogP contribution in [0.1, 0.15) is 26.8 Å². The maximum absolute atomic E-state index is 12.5. The number of esters is 1. The first-order valence-electron chi connectivity index (χ1n) is 8.30. The van der Waals surface area contributed by atoms with E-state index in [9.17, 15) is 9.59 Å². The Morgan fingerprint density at radius 3 is 2.29 bits per heavy atom. The fourth-order valence-corrected chi connectivity index (χ4v) is 3.71. The molecule has 2 aromatic heterocycles. The van der Waals surface area contributed by atoms with Crippen LogP contribution >= 0.6 is 58.0 Å². The van der Waals surface area contributed by atoms with E-state index in [0.717, 1.165) is 0 Å². The lowest BCUT2D eigenvalue weighted by atomic mass is 10.3. The van der Waals surface area contributed by atoms with E-state index in [1.54, 1.807) is 0 Å². The third-order valence-electron chi connectivity index (χ3n) is 3.98. The molecule has 0 aliphatic carbocycles. The molecule has 2 heterocycles. The van der Waals surface area contributed by atoms with Gasteiger partial charge in [0.2, 0.25) is 0 Å². The molecule has 1 amide bonds. The SMILES string of the molecule is COC(=O)c1c(NC(=O)c2ccc(COc3c(Cl)c(Cl)c(Cl)c(Cl)c3Cl)o2)cnn1C. The molecule has 0 spiro atoms. The number of aromatic nitrogens is 2. The molecule has 164 valence electrons. The van der Waals surface area contributed by atoms with Gasteiger partial charge in [-0.3, -0.25) is 9.48 Å². The molecule has 0 bridgehead atoms. The maximum atomic E-state index is 12.5. The maximum Gasteiger partial charge on any atom is 0.358 e. The van der Waals surface area contributed by atoms with E-state index in [-0.39, 0.29) is 60.4 Å². The first-order valence-corrected chi connectivity index (χ1v) is 10.2. The van der Waals surface area contributed by atoms with Gasteiger partial charge >= 0.3 is 5.97 Å². The number of rotatable bonds is 6. The lowest BCUT2D eigenvalue weighted by molar-refractivity contribution is 0.0589. The highest BCUT2D eigenvalue weighted by atomic mass is 35.5. The van der Waals surface area contributed by atoms with Gasteiger partial charge in [0.1, 0.15) is 22.4 Å². The molecule has 0 unspecified atom stereocenters. The summed E-state index contributed by atoms with van der Waals surface area (Å²) in [4.78, 5) is 24.3. The molecule has 31 heavy (non-hydrogen) atoms. The second kappa shape index (κ2) is 9.58. The van der Waals surface area contributed by atoms with Gasteiger partial charge in [-0.1, -0.05) is 58.0 Å². The van der Waals surface area contributed by atoms with Crippen LogP contribution in [0.15, 0.2) is 22.7 Å². The fraction of sp³-hybridized carbons (Fsp3) is 0.167. The van der Waals surface area contributed by atoms with Gasteiger partial charge in [-0.15, -0.1) is 0 Å². The van der Waals surface area contributed by atoms with Gasteiger partial charge in [0, 0.05) is 7.05 Å². The van der Waals surface area contributed by atoms with Crippen molar-refractivity contribution < 1.29 is 23.5 Å². The Bertz CT molecular complexity index is 1140. The number of benzene rings is 1. The van der Waals surface area contributed by atoms with Gasteiger partial charge < -0.3 is 19.2 Å². The number of hydrogen-bond donors (Lipinski definition) is 1. The van der Waals surface area contributed by atoms with E-state index >= 15 is 0 Å². The van der Waals surface area contributed by atoms with Crippen LogP contribution in [0.4, 0.5) is 5.69 Å². The summed E-state index contributed by atoms with van der Waals surface area (Å²) in [6.45, 7) is -0.138. The number of furan rings is 1. The minimum absolute atomic E-state index is 0.00404. The summed E-state index contributed by atoms with van der Waals surface area (Å²) in [6.07, 6.45) is 1.31. The van der Waals surface area contributed by atoms with Crippen LogP contribution in [0.2, 0.25) is 25.1 Å². The van der Waals surface area contributed by atoms with Crippen molar-refractivity contribution in [1.29, 1.82) is 0 Å². The standard InChI is InChI=1S/C18H12Cl5N3O5/c1-26-15(18(28)29-2)8(5-24-26)25-17(27)9-4-3-7(31-9)6-30-16-13(22)11(20)10(19)12(21)14(16)23/h3-5H,6H2,1-2H3,(H,25,27). The number of halogens is 5. The summed E-state index contributed by atoms with van der Waals surface area (Å²) in [6, 6.07) is 2.94. The second-order valence-corrected chi connectivity index (χ2v) is 7.82. The van der Waals surface area contributed by atoms with Crippen molar-refractivity contribution in [3.05, 3.63) is 60.7 Å². The highest BCUT2D eigenvalue weighted by Gasteiger charge is 2.23. The molecule has 0 aliphatic rings. The van der Waals surface area contributed by atoms with Gasteiger partial charge in [-0.05, 0) is 12.1 Å². The number of methoxy groups -OCH3 is 1. The predicted octanol–water partition coefficient (Wildman–Crippen LogP) is 5.90. The summed E-state index contributed by atoms with van der Waals surface area (Å²) in [5, 5.41) is 6.43. The van der Waals surface area contributed by atoms with Crippen molar-refractivity contribution in [2.24, 2.45) is 7.05 Å². The summed E-state index contributed by atoms with van der Waals surface area (Å²) >= 11 is 30.2. The number of nitrogens with zero attached hydrogens (tertiary/aromatic N) is 2. The summed E-state index contributed by atoms with van der Waals surface area (Å²) in [5.41, 5.74) is 0.240. The number of aryl methyl sites for hydroxylation is 1. The van der Waals surface area contributed by atoms with Crippen molar-refractivity contribution >= 4 is 75.6 Å². The number of ether oxygens (including phenoxy) is 2. The van der Waals surface area contributed by atoms with Crippen molar-refractivity contribution in [1.82, 2.24) is 9.78 Å². The van der Waals surface area contributed by atoms with E-state index < -0.39 is 11.9 Å². The zero-order valence-electron chi connectivity index (χ0n) is 15.8. The van der Waals surface area contributed by atoms with Crippen LogP contribution in [0.25, 0.3) is 0 Å². The molecule has 0 saturated heterocycles. The molecule has 8 nitrogen and oxygen atoms in total. The van der Waals surface area contributed by atoms with E-state index in [1.807, 2.05) is 0 Å². The Kier molecular flexibility index (Phi) is 7.28. The monoisotopic (exact) mass is 525 g/mol. The Balaban J connectivity index is 1.74. The number of hydrogen-bond acceptors (Lipinski definition) is 6. The quantitative estimate of drug-likeness (QED) is 0.244. The third-order valence-corrected chi connectivity index (χ3v) is 6.22. The Morgan fingerprint density at radius 2 is 1.68 bits per heavy atom. The van der Waals surface area contributed by atoms with Gasteiger partial charge in [-0.25, -0.2) is 4.79 Å². The molecular formula is C18H12Cl5N3O5. The highest BCUT2D eigenvalue weighted by Crippen LogP contribution is 2.48. The summed E-state index contributed by atoms with van der Waals surface area (Å²) in [7, 11) is 2.76. The Hall–Kier alpha value is -2.10. The van der Waals surface area contributed by atoms with Crippen molar-refractivity contribution in [2.75, 3.05) is 12.4 Å². The average Bonchev–Trinajstić information content (AvgIpc) is 3.37. The van der Waals surface area contributed by atoms with Crippen LogP contribution < -0.4 is 10.1 Å². The molecule has 0 atom stereocenters. The first kappa shape index (κ1) is 23.6. The first-order chi connectivity index (χ1) is 14.6. The molecule has 0 aliphatic heterocycles. The molecule has 1 N–H and O–H groups in total. The molecule has 0 radical (unpaired) electrons. The average molecular weight is 528 g/mol. The van der Waals surface area contributed by atoms with Crippen molar-refractivity contribution in [3.8, 4) is 5.75 Å². The molecule has 0 saturated carbocycles. The summed E-state index contributed by atoms with van der Waals surface area (Å²) in [5.74, 6) is -1.01. The fourth-order valence-electron chi connectivity index (χ4n) is 2.48. The molecule has 0 fully saturated rings. The molecular weight excluding hydrogens is 515 g/mol. The van der Waals surface area contributed by atoms with Gasteiger partial charge in [0.25, 0.3) is 5.91 Å². The van der Waals surface area contributed by atoms with Crippen LogP contribution in [0.3, 0.4) is 0 Å². The molecule has 3 aromatic rings. The topological polar surface area (TPSA) is 95.6 Å². The van der Waals surface area contributed by atoms with Crippen LogP contribution in [0.5, 0.6) is 5.75 Å². The Labute approximate surface area is 200 Å². The van der Waals surface area contributed by atoms with Crippen LogP contribution in [0, 0.1) is 0 Å². The lowest BCUT2D eigenvalue weighted by Crippen LogP contribution is -2.16. The highest BCUT2D eigenvalue weighted by molar-refractivity contribution is 6.55. The van der Waals surface area contributed by atoms with Crippen molar-refractivity contribution in [2.45, 2.75) is 6.61 Å².